The number of thiazole rings is 1. The number of aromatic nitrogens is 3. The highest BCUT2D eigenvalue weighted by Crippen LogP contribution is 2.23. The predicted octanol–water partition coefficient (Wildman–Crippen LogP) is 3.56. The molecule has 1 aromatic carbocycles. The fourth-order valence-corrected chi connectivity index (χ4v) is 3.43. The predicted molar refractivity (Wildman–Crippen MR) is 101 cm³/mol. The van der Waals surface area contributed by atoms with Gasteiger partial charge >= 0.3 is 0 Å². The minimum atomic E-state index is -0.354. The molecule has 0 saturated heterocycles. The third kappa shape index (κ3) is 3.80. The molecule has 1 N–H and O–H groups in total. The Kier molecular flexibility index (Phi) is 4.80. The van der Waals surface area contributed by atoms with Crippen LogP contribution in [0.1, 0.15) is 11.5 Å². The third-order valence-electron chi connectivity index (χ3n) is 3.89. The fourth-order valence-electron chi connectivity index (χ4n) is 2.57. The van der Waals surface area contributed by atoms with E-state index in [2.05, 4.69) is 15.4 Å². The molecule has 0 aliphatic heterocycles. The lowest BCUT2D eigenvalue weighted by Crippen LogP contribution is -2.23. The zero-order valence-corrected chi connectivity index (χ0v) is 14.9. The quantitative estimate of drug-likeness (QED) is 0.518. The van der Waals surface area contributed by atoms with Crippen molar-refractivity contribution in [2.24, 2.45) is 0 Å². The molecule has 0 bridgehead atoms. The lowest BCUT2D eigenvalue weighted by Gasteiger charge is -2.01. The molecule has 136 valence electrons. The van der Waals surface area contributed by atoms with Crippen molar-refractivity contribution < 1.29 is 13.6 Å². The van der Waals surface area contributed by atoms with E-state index in [0.717, 1.165) is 5.69 Å². The third-order valence-corrected chi connectivity index (χ3v) is 4.75. The SMILES string of the molecule is O=C(C=Cc1ccco1)NCCc1csc2nc(-c3ccccc3F)nn12. The monoisotopic (exact) mass is 382 g/mol. The van der Waals surface area contributed by atoms with Crippen LogP contribution in [0.4, 0.5) is 4.39 Å². The van der Waals surface area contributed by atoms with Gasteiger partial charge in [0.2, 0.25) is 10.9 Å². The summed E-state index contributed by atoms with van der Waals surface area (Å²) < 4.78 is 20.8. The maximum Gasteiger partial charge on any atom is 0.244 e. The van der Waals surface area contributed by atoms with Crippen molar-refractivity contribution in [2.45, 2.75) is 6.42 Å². The topological polar surface area (TPSA) is 72.4 Å². The molecule has 6 nitrogen and oxygen atoms in total. The highest BCUT2D eigenvalue weighted by Gasteiger charge is 2.14. The summed E-state index contributed by atoms with van der Waals surface area (Å²) in [5, 5.41) is 9.16. The molecule has 0 spiro atoms. The normalized spacial score (nSPS) is 11.4. The summed E-state index contributed by atoms with van der Waals surface area (Å²) in [5.41, 5.74) is 1.27. The standard InChI is InChI=1S/C19H15FN4O2S/c20-16-6-2-1-5-15(16)18-22-19-24(23-18)13(12-27-19)9-10-21-17(25)8-7-14-4-3-11-26-14/h1-8,11-12H,9-10H2,(H,21,25). The summed E-state index contributed by atoms with van der Waals surface area (Å²) in [6, 6.07) is 9.94. The first-order valence-electron chi connectivity index (χ1n) is 8.28. The van der Waals surface area contributed by atoms with E-state index in [-0.39, 0.29) is 11.7 Å². The zero-order valence-electron chi connectivity index (χ0n) is 14.1. The number of hydrogen-bond acceptors (Lipinski definition) is 5. The van der Waals surface area contributed by atoms with Gasteiger partial charge in [0.15, 0.2) is 5.82 Å². The molecule has 0 aliphatic carbocycles. The summed E-state index contributed by atoms with van der Waals surface area (Å²) >= 11 is 1.43. The summed E-state index contributed by atoms with van der Waals surface area (Å²) in [7, 11) is 0. The van der Waals surface area contributed by atoms with Crippen LogP contribution >= 0.6 is 11.3 Å². The van der Waals surface area contributed by atoms with Crippen molar-refractivity contribution >= 4 is 28.3 Å². The summed E-state index contributed by atoms with van der Waals surface area (Å²) in [4.78, 5) is 16.9. The fraction of sp³-hybridized carbons (Fsp3) is 0.105. The molecule has 4 aromatic rings. The number of hydrogen-bond donors (Lipinski definition) is 1. The average molecular weight is 382 g/mol. The summed E-state index contributed by atoms with van der Waals surface area (Å²) in [5.74, 6) is 0.413. The molecule has 8 heteroatoms. The smallest absolute Gasteiger partial charge is 0.244 e. The average Bonchev–Trinajstić information content (AvgIpc) is 3.39. The molecule has 4 rings (SSSR count). The number of nitrogens with zero attached hydrogens (tertiary/aromatic N) is 3. The second-order valence-corrected chi connectivity index (χ2v) is 6.56. The number of benzene rings is 1. The van der Waals surface area contributed by atoms with Gasteiger partial charge in [0.25, 0.3) is 0 Å². The Balaban J connectivity index is 1.41. The van der Waals surface area contributed by atoms with E-state index >= 15 is 0 Å². The molecule has 3 aromatic heterocycles. The molecule has 0 unspecified atom stereocenters. The van der Waals surface area contributed by atoms with Gasteiger partial charge in [-0.3, -0.25) is 4.79 Å². The van der Waals surface area contributed by atoms with Crippen molar-refractivity contribution in [2.75, 3.05) is 6.54 Å². The Morgan fingerprint density at radius 1 is 1.30 bits per heavy atom. The lowest BCUT2D eigenvalue weighted by atomic mass is 10.2. The highest BCUT2D eigenvalue weighted by molar-refractivity contribution is 7.15. The van der Waals surface area contributed by atoms with Gasteiger partial charge in [-0.25, -0.2) is 8.91 Å². The van der Waals surface area contributed by atoms with Crippen LogP contribution in [0.25, 0.3) is 22.4 Å². The number of furan rings is 1. The Morgan fingerprint density at radius 3 is 3.00 bits per heavy atom. The lowest BCUT2D eigenvalue weighted by molar-refractivity contribution is -0.116. The van der Waals surface area contributed by atoms with Gasteiger partial charge in [-0.2, -0.15) is 4.98 Å². The molecule has 0 atom stereocenters. The number of halogens is 1. The van der Waals surface area contributed by atoms with Gasteiger partial charge in [-0.1, -0.05) is 12.1 Å². The van der Waals surface area contributed by atoms with Crippen molar-refractivity contribution in [3.63, 3.8) is 0 Å². The zero-order chi connectivity index (χ0) is 18.6. The molecule has 0 saturated carbocycles. The maximum absolute atomic E-state index is 13.9. The van der Waals surface area contributed by atoms with Gasteiger partial charge in [0.05, 0.1) is 17.5 Å². The highest BCUT2D eigenvalue weighted by atomic mass is 32.1. The Bertz CT molecular complexity index is 1100. The van der Waals surface area contributed by atoms with Crippen LogP contribution in [0.2, 0.25) is 0 Å². The molecule has 27 heavy (non-hydrogen) atoms. The molecule has 0 radical (unpaired) electrons. The number of rotatable bonds is 6. The molecule has 0 fully saturated rings. The van der Waals surface area contributed by atoms with Crippen LogP contribution in [0.5, 0.6) is 0 Å². The van der Waals surface area contributed by atoms with E-state index in [1.54, 1.807) is 47.2 Å². The summed E-state index contributed by atoms with van der Waals surface area (Å²) in [6.45, 7) is 0.446. The largest absolute Gasteiger partial charge is 0.465 e. The molecule has 1 amide bonds. The van der Waals surface area contributed by atoms with Gasteiger partial charge in [0.1, 0.15) is 11.6 Å². The second-order valence-electron chi connectivity index (χ2n) is 5.73. The molecular formula is C19H15FN4O2S. The minimum Gasteiger partial charge on any atom is -0.465 e. The van der Waals surface area contributed by atoms with Gasteiger partial charge < -0.3 is 9.73 Å². The van der Waals surface area contributed by atoms with Crippen molar-refractivity contribution in [3.8, 4) is 11.4 Å². The Morgan fingerprint density at radius 2 is 2.19 bits per heavy atom. The first-order valence-corrected chi connectivity index (χ1v) is 9.16. The van der Waals surface area contributed by atoms with E-state index in [0.29, 0.717) is 35.1 Å². The Labute approximate surface area is 158 Å². The van der Waals surface area contributed by atoms with Crippen LogP contribution in [0.15, 0.2) is 58.5 Å². The number of amides is 1. The minimum absolute atomic E-state index is 0.205. The Hall–Kier alpha value is -3.26. The molecular weight excluding hydrogens is 367 g/mol. The van der Waals surface area contributed by atoms with Crippen molar-refractivity contribution in [3.05, 3.63) is 71.4 Å². The van der Waals surface area contributed by atoms with Crippen LogP contribution in [0.3, 0.4) is 0 Å². The van der Waals surface area contributed by atoms with Crippen molar-refractivity contribution in [1.82, 2.24) is 19.9 Å². The molecule has 3 heterocycles. The van der Waals surface area contributed by atoms with E-state index in [4.69, 9.17) is 4.42 Å². The number of carbonyl (C=O) groups is 1. The van der Waals surface area contributed by atoms with E-state index < -0.39 is 0 Å². The van der Waals surface area contributed by atoms with Gasteiger partial charge in [0, 0.05) is 24.4 Å². The van der Waals surface area contributed by atoms with Gasteiger partial charge in [-0.15, -0.1) is 16.4 Å². The van der Waals surface area contributed by atoms with Crippen LogP contribution < -0.4 is 5.32 Å². The van der Waals surface area contributed by atoms with Gasteiger partial charge in [-0.05, 0) is 30.3 Å². The van der Waals surface area contributed by atoms with E-state index in [1.165, 1.54) is 23.5 Å². The first kappa shape index (κ1) is 17.2. The number of fused-ring (bicyclic) bond motifs is 1. The first-order chi connectivity index (χ1) is 13.2. The van der Waals surface area contributed by atoms with Crippen LogP contribution in [-0.2, 0) is 11.2 Å². The maximum atomic E-state index is 13.9. The second kappa shape index (κ2) is 7.55. The summed E-state index contributed by atoms with van der Waals surface area (Å²) in [6.07, 6.45) is 5.16. The number of carbonyl (C=O) groups excluding carboxylic acids is 1. The van der Waals surface area contributed by atoms with Crippen LogP contribution in [0, 0.1) is 5.82 Å². The van der Waals surface area contributed by atoms with E-state index in [1.807, 2.05) is 5.38 Å². The molecule has 0 aliphatic rings. The van der Waals surface area contributed by atoms with E-state index in [9.17, 15) is 9.18 Å². The van der Waals surface area contributed by atoms with Crippen molar-refractivity contribution in [1.29, 1.82) is 0 Å². The van der Waals surface area contributed by atoms with Crippen LogP contribution in [-0.4, -0.2) is 27.0 Å². The number of nitrogens with one attached hydrogen (secondary N) is 1.